The van der Waals surface area contributed by atoms with Gasteiger partial charge in [0.15, 0.2) is 5.76 Å². The molecule has 0 radical (unpaired) electrons. The summed E-state index contributed by atoms with van der Waals surface area (Å²) in [6.45, 7) is 7.02. The molecule has 0 spiro atoms. The molecular weight excluding hydrogens is 471 g/mol. The number of aromatic nitrogens is 4. The van der Waals surface area contributed by atoms with E-state index in [0.29, 0.717) is 16.4 Å². The van der Waals surface area contributed by atoms with Gasteiger partial charge in [0.1, 0.15) is 24.2 Å². The molecule has 0 saturated carbocycles. The molecule has 0 bridgehead atoms. The largest absolute Gasteiger partial charge is 0.458 e. The van der Waals surface area contributed by atoms with Crippen LogP contribution in [-0.4, -0.2) is 37.6 Å². The molecule has 1 aromatic carbocycles. The van der Waals surface area contributed by atoms with Crippen LogP contribution in [0.15, 0.2) is 58.3 Å². The van der Waals surface area contributed by atoms with E-state index in [-0.39, 0.29) is 18.1 Å². The number of nitrogens with one attached hydrogen (secondary N) is 1. The monoisotopic (exact) mass is 496 g/mol. The fraction of sp³-hybridized carbons (Fsp3) is 0.292. The molecule has 0 aliphatic heterocycles. The third kappa shape index (κ3) is 5.80. The maximum Gasteiger partial charge on any atom is 0.251 e. The predicted molar refractivity (Wildman–Crippen MR) is 129 cm³/mol. The van der Waals surface area contributed by atoms with Gasteiger partial charge >= 0.3 is 0 Å². The molecule has 0 aliphatic rings. The van der Waals surface area contributed by atoms with Crippen LogP contribution in [0.1, 0.15) is 37.5 Å². The van der Waals surface area contributed by atoms with Crippen molar-refractivity contribution >= 4 is 28.8 Å². The molecule has 0 aliphatic carbocycles. The number of aryl methyl sites for hydroxylation is 1. The number of tetrazole rings is 1. The van der Waals surface area contributed by atoms with E-state index in [1.165, 1.54) is 34.4 Å². The van der Waals surface area contributed by atoms with E-state index in [9.17, 15) is 14.0 Å². The predicted octanol–water partition coefficient (Wildman–Crippen LogP) is 4.13. The van der Waals surface area contributed by atoms with Crippen LogP contribution in [0, 0.1) is 12.7 Å². The number of furan rings is 1. The van der Waals surface area contributed by atoms with Gasteiger partial charge in [0.2, 0.25) is 11.7 Å². The first-order valence-corrected chi connectivity index (χ1v) is 11.8. The molecule has 0 saturated heterocycles. The van der Waals surface area contributed by atoms with Gasteiger partial charge in [-0.05, 0) is 74.7 Å². The Hall–Kier alpha value is -3.86. The Morgan fingerprint density at radius 2 is 2.00 bits per heavy atom. The zero-order chi connectivity index (χ0) is 25.2. The number of hydrogen-bond donors (Lipinski definition) is 1. The first-order valence-electron chi connectivity index (χ1n) is 10.9. The van der Waals surface area contributed by atoms with Crippen LogP contribution in [0.25, 0.3) is 11.6 Å². The molecule has 4 rings (SSSR count). The van der Waals surface area contributed by atoms with Crippen LogP contribution in [0.2, 0.25) is 0 Å². The first kappa shape index (κ1) is 24.3. The van der Waals surface area contributed by atoms with Crippen molar-refractivity contribution in [1.82, 2.24) is 25.5 Å². The minimum Gasteiger partial charge on any atom is -0.458 e. The summed E-state index contributed by atoms with van der Waals surface area (Å²) in [4.78, 5) is 30.1. The number of amides is 2. The van der Waals surface area contributed by atoms with E-state index in [4.69, 9.17) is 4.42 Å². The van der Waals surface area contributed by atoms with Crippen molar-refractivity contribution in [1.29, 1.82) is 0 Å². The van der Waals surface area contributed by atoms with Crippen LogP contribution in [0.3, 0.4) is 0 Å². The minimum absolute atomic E-state index is 0.225. The fourth-order valence-electron chi connectivity index (χ4n) is 3.48. The van der Waals surface area contributed by atoms with Crippen molar-refractivity contribution < 1.29 is 18.4 Å². The van der Waals surface area contributed by atoms with Crippen LogP contribution in [0.5, 0.6) is 0 Å². The summed E-state index contributed by atoms with van der Waals surface area (Å²) in [7, 11) is 0. The Morgan fingerprint density at radius 1 is 1.20 bits per heavy atom. The van der Waals surface area contributed by atoms with E-state index in [2.05, 4.69) is 20.7 Å². The lowest BCUT2D eigenvalue weighted by atomic mass is 10.1. The summed E-state index contributed by atoms with van der Waals surface area (Å²) in [5.74, 6) is -0.106. The van der Waals surface area contributed by atoms with Crippen LogP contribution >= 0.6 is 11.3 Å². The molecule has 0 fully saturated rings. The summed E-state index contributed by atoms with van der Waals surface area (Å²) in [5.41, 5.74) is -0.313. The smallest absolute Gasteiger partial charge is 0.251 e. The van der Waals surface area contributed by atoms with E-state index in [0.717, 1.165) is 4.80 Å². The molecule has 3 heterocycles. The molecule has 2 amide bonds. The number of carbonyl (C=O) groups is 2. The second-order valence-electron chi connectivity index (χ2n) is 8.95. The molecule has 35 heavy (non-hydrogen) atoms. The van der Waals surface area contributed by atoms with E-state index in [1.807, 2.05) is 26.2 Å². The quantitative estimate of drug-likeness (QED) is 0.412. The summed E-state index contributed by atoms with van der Waals surface area (Å²) in [5, 5.41) is 16.9. The molecule has 9 nitrogen and oxygen atoms in total. The lowest BCUT2D eigenvalue weighted by molar-refractivity contribution is -0.128. The Morgan fingerprint density at radius 3 is 2.63 bits per heavy atom. The van der Waals surface area contributed by atoms with Crippen molar-refractivity contribution in [2.24, 2.45) is 0 Å². The highest BCUT2D eigenvalue weighted by atomic mass is 32.1. The van der Waals surface area contributed by atoms with Gasteiger partial charge in [0, 0.05) is 16.1 Å². The van der Waals surface area contributed by atoms with E-state index in [1.54, 1.807) is 37.3 Å². The zero-order valence-electron chi connectivity index (χ0n) is 19.7. The summed E-state index contributed by atoms with van der Waals surface area (Å²) < 4.78 is 19.7. The zero-order valence-corrected chi connectivity index (χ0v) is 20.5. The lowest BCUT2D eigenvalue weighted by Crippen LogP contribution is -2.50. The number of anilines is 1. The number of nitrogens with zero attached hydrogens (tertiary/aromatic N) is 5. The van der Waals surface area contributed by atoms with Gasteiger partial charge < -0.3 is 9.73 Å². The number of thiophene rings is 1. The summed E-state index contributed by atoms with van der Waals surface area (Å²) in [6, 6.07) is 11.6. The van der Waals surface area contributed by atoms with Gasteiger partial charge in [-0.3, -0.25) is 14.5 Å². The molecule has 0 unspecified atom stereocenters. The van der Waals surface area contributed by atoms with Gasteiger partial charge in [-0.25, -0.2) is 4.39 Å². The molecule has 4 aromatic rings. The van der Waals surface area contributed by atoms with Crippen LogP contribution < -0.4 is 10.2 Å². The fourth-order valence-corrected chi connectivity index (χ4v) is 4.30. The Balaban J connectivity index is 1.71. The summed E-state index contributed by atoms with van der Waals surface area (Å²) in [6.07, 6.45) is 0. The second-order valence-corrected chi connectivity index (χ2v) is 9.93. The van der Waals surface area contributed by atoms with Crippen molar-refractivity contribution in [3.8, 4) is 11.6 Å². The molecule has 1 atom stereocenters. The second kappa shape index (κ2) is 9.79. The first-order chi connectivity index (χ1) is 16.6. The van der Waals surface area contributed by atoms with Crippen molar-refractivity contribution in [3.63, 3.8) is 0 Å². The maximum atomic E-state index is 14.2. The molecule has 1 N–H and O–H groups in total. The Bertz CT molecular complexity index is 1320. The number of halogens is 1. The number of benzene rings is 1. The maximum absolute atomic E-state index is 14.2. The van der Waals surface area contributed by atoms with Crippen LogP contribution in [0.4, 0.5) is 10.1 Å². The van der Waals surface area contributed by atoms with E-state index >= 15 is 0 Å². The molecule has 11 heteroatoms. The Kier molecular flexibility index (Phi) is 6.79. The summed E-state index contributed by atoms with van der Waals surface area (Å²) >= 11 is 1.33. The average Bonchev–Trinajstić information content (AvgIpc) is 3.52. The van der Waals surface area contributed by atoms with Crippen molar-refractivity contribution in [3.05, 3.63) is 70.4 Å². The Labute approximate surface area is 205 Å². The minimum atomic E-state index is -1.03. The van der Waals surface area contributed by atoms with E-state index < -0.39 is 29.2 Å². The highest BCUT2D eigenvalue weighted by molar-refractivity contribution is 7.10. The average molecular weight is 497 g/mol. The number of rotatable bonds is 7. The third-order valence-electron chi connectivity index (χ3n) is 4.86. The van der Waals surface area contributed by atoms with Crippen molar-refractivity contribution in [2.45, 2.75) is 45.8 Å². The van der Waals surface area contributed by atoms with Gasteiger partial charge in [0.05, 0.1) is 0 Å². The molecule has 182 valence electrons. The topological polar surface area (TPSA) is 106 Å². The normalized spacial score (nSPS) is 12.4. The van der Waals surface area contributed by atoms with Gasteiger partial charge in [0.25, 0.3) is 5.91 Å². The standard InChI is InChI=1S/C24H25FN6O3S/c1-15-10-11-18(34-15)22-27-29-30(28-22)14-20(32)31(17-8-5-7-16(25)13-17)21(19-9-6-12-35-19)23(33)26-24(2,3)4/h5-13,21H,14H2,1-4H3,(H,26,33)/t21-/m1/s1. The number of hydrogen-bond acceptors (Lipinski definition) is 7. The molecular formula is C24H25FN6O3S. The third-order valence-corrected chi connectivity index (χ3v) is 5.79. The molecule has 3 aromatic heterocycles. The highest BCUT2D eigenvalue weighted by Crippen LogP contribution is 2.32. The van der Waals surface area contributed by atoms with Crippen molar-refractivity contribution in [2.75, 3.05) is 4.90 Å². The van der Waals surface area contributed by atoms with Gasteiger partial charge in [-0.2, -0.15) is 4.80 Å². The van der Waals surface area contributed by atoms with Gasteiger partial charge in [-0.1, -0.05) is 12.1 Å². The van der Waals surface area contributed by atoms with Gasteiger partial charge in [-0.15, -0.1) is 21.5 Å². The highest BCUT2D eigenvalue weighted by Gasteiger charge is 2.35. The lowest BCUT2D eigenvalue weighted by Gasteiger charge is -2.33. The number of carbonyl (C=O) groups excluding carboxylic acids is 2. The SMILES string of the molecule is Cc1ccc(-c2nnn(CC(=O)N(c3cccc(F)c3)[C@@H](C(=O)NC(C)(C)C)c3cccs3)n2)o1. The van der Waals surface area contributed by atoms with Crippen LogP contribution in [-0.2, 0) is 16.1 Å².